The zero-order chi connectivity index (χ0) is 22.0. The van der Waals surface area contributed by atoms with Crippen LogP contribution in [0.2, 0.25) is 5.02 Å². The average molecular weight is 436 g/mol. The Kier molecular flexibility index (Phi) is 6.52. The van der Waals surface area contributed by atoms with Crippen molar-refractivity contribution in [3.8, 4) is 5.75 Å². The Morgan fingerprint density at radius 2 is 1.83 bits per heavy atom. The Hall–Kier alpha value is -2.78. The summed E-state index contributed by atoms with van der Waals surface area (Å²) >= 11 is 5.87. The van der Waals surface area contributed by atoms with Crippen LogP contribution in [0.25, 0.3) is 11.2 Å². The van der Waals surface area contributed by atoms with Crippen molar-refractivity contribution in [2.75, 3.05) is 18.5 Å². The normalized spacial score (nSPS) is 12.5. The molecule has 0 spiro atoms. The number of ether oxygens (including phenoxy) is 1. The predicted molar refractivity (Wildman–Crippen MR) is 116 cm³/mol. The molecule has 2 heterocycles. The highest BCUT2D eigenvalue weighted by Gasteiger charge is 2.21. The van der Waals surface area contributed by atoms with Gasteiger partial charge in [0.1, 0.15) is 18.5 Å². The van der Waals surface area contributed by atoms with Gasteiger partial charge in [-0.25, -0.2) is 4.79 Å². The molecule has 3 rings (SSSR count). The van der Waals surface area contributed by atoms with Crippen LogP contribution in [0.4, 0.5) is 5.95 Å². The minimum atomic E-state index is -0.917. The van der Waals surface area contributed by atoms with Gasteiger partial charge in [-0.3, -0.25) is 13.9 Å². The second-order valence-electron chi connectivity index (χ2n) is 7.62. The van der Waals surface area contributed by atoms with Gasteiger partial charge in [0.05, 0.1) is 6.54 Å². The van der Waals surface area contributed by atoms with E-state index in [0.29, 0.717) is 29.2 Å². The number of hydrogen-bond donors (Lipinski definition) is 2. The van der Waals surface area contributed by atoms with Gasteiger partial charge in [-0.1, -0.05) is 25.4 Å². The minimum absolute atomic E-state index is 0.0109. The maximum absolute atomic E-state index is 12.8. The van der Waals surface area contributed by atoms with Crippen molar-refractivity contribution < 1.29 is 9.84 Å². The molecule has 0 unspecified atom stereocenters. The molecule has 162 valence electrons. The SMILES string of the molecule is CC(C)CNc1nc2c(c(=O)n(C)c(=O)n2C)n1C[C@@H](O)COc1ccc(Cl)cc1. The van der Waals surface area contributed by atoms with Gasteiger partial charge in [0.2, 0.25) is 5.95 Å². The number of imidazole rings is 1. The summed E-state index contributed by atoms with van der Waals surface area (Å²) in [5, 5.41) is 14.4. The topological polar surface area (TPSA) is 103 Å². The van der Waals surface area contributed by atoms with Crippen LogP contribution < -0.4 is 21.3 Å². The first-order valence-corrected chi connectivity index (χ1v) is 10.0. The molecule has 0 aliphatic carbocycles. The third-order valence-corrected chi connectivity index (χ3v) is 4.92. The lowest BCUT2D eigenvalue weighted by Gasteiger charge is -2.16. The number of aryl methyl sites for hydroxylation is 1. The number of rotatable bonds is 8. The third kappa shape index (κ3) is 4.52. The van der Waals surface area contributed by atoms with E-state index in [1.807, 2.05) is 13.8 Å². The monoisotopic (exact) mass is 435 g/mol. The van der Waals surface area contributed by atoms with Crippen molar-refractivity contribution in [3.05, 3.63) is 50.1 Å². The smallest absolute Gasteiger partial charge is 0.332 e. The van der Waals surface area contributed by atoms with Crippen LogP contribution in [0.3, 0.4) is 0 Å². The molecule has 1 atom stereocenters. The summed E-state index contributed by atoms with van der Waals surface area (Å²) in [6, 6.07) is 6.82. The molecule has 0 aliphatic heterocycles. The fourth-order valence-electron chi connectivity index (χ4n) is 3.04. The van der Waals surface area contributed by atoms with Gasteiger partial charge < -0.3 is 19.7 Å². The van der Waals surface area contributed by atoms with Crippen molar-refractivity contribution >= 4 is 28.7 Å². The minimum Gasteiger partial charge on any atom is -0.491 e. The van der Waals surface area contributed by atoms with Gasteiger partial charge in [-0.2, -0.15) is 4.98 Å². The van der Waals surface area contributed by atoms with Crippen LogP contribution in [-0.2, 0) is 20.6 Å². The highest BCUT2D eigenvalue weighted by atomic mass is 35.5. The van der Waals surface area contributed by atoms with Crippen molar-refractivity contribution in [3.63, 3.8) is 0 Å². The van der Waals surface area contributed by atoms with E-state index in [1.165, 1.54) is 11.6 Å². The van der Waals surface area contributed by atoms with Gasteiger partial charge in [0, 0.05) is 25.7 Å². The second kappa shape index (κ2) is 8.93. The first-order valence-electron chi connectivity index (χ1n) is 9.65. The molecule has 3 aromatic rings. The lowest BCUT2D eigenvalue weighted by atomic mass is 10.2. The van der Waals surface area contributed by atoms with Crippen LogP contribution in [0, 0.1) is 5.92 Å². The standard InChI is InChI=1S/C20H26ClN5O4/c1-12(2)9-22-19-23-17-16(18(28)25(4)20(29)24(17)3)26(19)10-14(27)11-30-15-7-5-13(21)6-8-15/h5-8,12,14,27H,9-11H2,1-4H3,(H,22,23)/t14-/m1/s1. The molecule has 0 saturated carbocycles. The Morgan fingerprint density at radius 1 is 1.17 bits per heavy atom. The molecule has 2 aromatic heterocycles. The Labute approximate surface area is 178 Å². The molecule has 10 heteroatoms. The summed E-state index contributed by atoms with van der Waals surface area (Å²) in [4.78, 5) is 29.5. The second-order valence-corrected chi connectivity index (χ2v) is 8.05. The fraction of sp³-hybridized carbons (Fsp3) is 0.450. The molecule has 1 aromatic carbocycles. The molecule has 0 aliphatic rings. The maximum Gasteiger partial charge on any atom is 0.332 e. The van der Waals surface area contributed by atoms with Crippen LogP contribution in [-0.4, -0.2) is 43.0 Å². The van der Waals surface area contributed by atoms with Crippen LogP contribution in [0.5, 0.6) is 5.75 Å². The van der Waals surface area contributed by atoms with Crippen LogP contribution in [0.1, 0.15) is 13.8 Å². The molecular formula is C20H26ClN5O4. The third-order valence-electron chi connectivity index (χ3n) is 4.67. The van der Waals surface area contributed by atoms with Gasteiger partial charge in [-0.05, 0) is 30.2 Å². The van der Waals surface area contributed by atoms with E-state index < -0.39 is 17.4 Å². The average Bonchev–Trinajstić information content (AvgIpc) is 3.07. The van der Waals surface area contributed by atoms with E-state index >= 15 is 0 Å². The van der Waals surface area contributed by atoms with Gasteiger partial charge in [0.15, 0.2) is 11.2 Å². The summed E-state index contributed by atoms with van der Waals surface area (Å²) in [6.45, 7) is 4.79. The van der Waals surface area contributed by atoms with E-state index in [1.54, 1.807) is 35.9 Å². The molecule has 0 saturated heterocycles. The first-order chi connectivity index (χ1) is 14.2. The number of nitrogens with one attached hydrogen (secondary N) is 1. The van der Waals surface area contributed by atoms with E-state index in [9.17, 15) is 14.7 Å². The Morgan fingerprint density at radius 3 is 2.47 bits per heavy atom. The molecule has 0 fully saturated rings. The molecule has 0 radical (unpaired) electrons. The highest BCUT2D eigenvalue weighted by Crippen LogP contribution is 2.18. The van der Waals surface area contributed by atoms with Crippen molar-refractivity contribution in [1.29, 1.82) is 0 Å². The summed E-state index contributed by atoms with van der Waals surface area (Å²) < 4.78 is 9.58. The highest BCUT2D eigenvalue weighted by molar-refractivity contribution is 6.30. The Bertz CT molecular complexity index is 1150. The van der Waals surface area contributed by atoms with E-state index in [2.05, 4.69) is 10.3 Å². The largest absolute Gasteiger partial charge is 0.491 e. The number of halogens is 1. The molecular weight excluding hydrogens is 410 g/mol. The molecule has 2 N–H and O–H groups in total. The van der Waals surface area contributed by atoms with Gasteiger partial charge >= 0.3 is 5.69 Å². The fourth-order valence-corrected chi connectivity index (χ4v) is 3.17. The Balaban J connectivity index is 1.93. The van der Waals surface area contributed by atoms with E-state index in [4.69, 9.17) is 16.3 Å². The number of aliphatic hydroxyl groups is 1. The maximum atomic E-state index is 12.8. The number of hydrogen-bond acceptors (Lipinski definition) is 6. The molecule has 9 nitrogen and oxygen atoms in total. The summed E-state index contributed by atoms with van der Waals surface area (Å²) in [6.07, 6.45) is -0.917. The molecule has 0 amide bonds. The van der Waals surface area contributed by atoms with Gasteiger partial charge in [0.25, 0.3) is 5.56 Å². The molecule has 0 bridgehead atoms. The van der Waals surface area contributed by atoms with Crippen molar-refractivity contribution in [1.82, 2.24) is 18.7 Å². The van der Waals surface area contributed by atoms with E-state index in [-0.39, 0.29) is 24.3 Å². The number of aliphatic hydroxyl groups excluding tert-OH is 1. The van der Waals surface area contributed by atoms with Crippen LogP contribution >= 0.6 is 11.6 Å². The summed E-state index contributed by atoms with van der Waals surface area (Å²) in [7, 11) is 2.98. The number of anilines is 1. The van der Waals surface area contributed by atoms with Gasteiger partial charge in [-0.15, -0.1) is 0 Å². The quantitative estimate of drug-likeness (QED) is 0.557. The zero-order valence-electron chi connectivity index (χ0n) is 17.4. The van der Waals surface area contributed by atoms with E-state index in [0.717, 1.165) is 4.57 Å². The van der Waals surface area contributed by atoms with Crippen molar-refractivity contribution in [2.45, 2.75) is 26.5 Å². The predicted octanol–water partition coefficient (Wildman–Crippen LogP) is 1.59. The summed E-state index contributed by atoms with van der Waals surface area (Å²) in [5.74, 6) is 1.33. The number of benzene rings is 1. The zero-order valence-corrected chi connectivity index (χ0v) is 18.2. The number of nitrogens with zero attached hydrogens (tertiary/aromatic N) is 4. The number of aromatic nitrogens is 4. The summed E-state index contributed by atoms with van der Waals surface area (Å²) in [5.41, 5.74) is -0.417. The first kappa shape index (κ1) is 21.9. The van der Waals surface area contributed by atoms with Crippen molar-refractivity contribution in [2.24, 2.45) is 20.0 Å². The lowest BCUT2D eigenvalue weighted by Crippen LogP contribution is -2.38. The lowest BCUT2D eigenvalue weighted by molar-refractivity contribution is 0.0938. The number of fused-ring (bicyclic) bond motifs is 1. The molecule has 30 heavy (non-hydrogen) atoms. The van der Waals surface area contributed by atoms with Crippen LogP contribution in [0.15, 0.2) is 33.9 Å².